The summed E-state index contributed by atoms with van der Waals surface area (Å²) in [5.41, 5.74) is -1.13. The number of piperidine rings is 1. The highest BCUT2D eigenvalue weighted by Gasteiger charge is 2.64. The lowest BCUT2D eigenvalue weighted by Crippen LogP contribution is -2.59. The summed E-state index contributed by atoms with van der Waals surface area (Å²) in [6.45, 7) is 0. The number of nitrogens with zero attached hydrogens (tertiary/aromatic N) is 1. The maximum atomic E-state index is 11.3. The van der Waals surface area contributed by atoms with Crippen LogP contribution in [0.1, 0.15) is 51.4 Å². The second kappa shape index (κ2) is 3.49. The fourth-order valence-electron chi connectivity index (χ4n) is 5.63. The summed E-state index contributed by atoms with van der Waals surface area (Å²) < 4.78 is 0. The Bertz CT molecular complexity index is 403. The summed E-state index contributed by atoms with van der Waals surface area (Å²) in [6.07, 6.45) is 8.59. The third kappa shape index (κ3) is 1.26. The Morgan fingerprint density at radius 3 is 2.28 bits per heavy atom. The van der Waals surface area contributed by atoms with Gasteiger partial charge in [-0.05, 0) is 56.8 Å². The number of fused-ring (bicyclic) bond motifs is 4. The Morgan fingerprint density at radius 2 is 1.78 bits per heavy atom. The van der Waals surface area contributed by atoms with Crippen LogP contribution < -0.4 is 5.32 Å². The standard InChI is InChI=1S/C15H22N2O/c16-9-14(6-10-1-2-11(14)5-10)15(18)7-12-3-4-13(8-15)17-12/h10-13,17-18H,1-8H2. The van der Waals surface area contributed by atoms with E-state index in [1.165, 1.54) is 32.1 Å². The second-order valence-electron chi connectivity index (χ2n) is 7.24. The number of hydrogen-bond donors (Lipinski definition) is 2. The molecule has 98 valence electrons. The first-order valence-electron chi connectivity index (χ1n) is 7.55. The van der Waals surface area contributed by atoms with Gasteiger partial charge in [-0.1, -0.05) is 6.42 Å². The number of hydrogen-bond acceptors (Lipinski definition) is 3. The molecule has 4 aliphatic rings. The number of rotatable bonds is 1. The van der Waals surface area contributed by atoms with Gasteiger partial charge in [0.2, 0.25) is 0 Å². The monoisotopic (exact) mass is 246 g/mol. The minimum Gasteiger partial charge on any atom is -0.388 e. The summed E-state index contributed by atoms with van der Waals surface area (Å²) in [5.74, 6) is 1.18. The fourth-order valence-corrected chi connectivity index (χ4v) is 5.63. The lowest BCUT2D eigenvalue weighted by Gasteiger charge is -2.49. The molecule has 0 aromatic heterocycles. The normalized spacial score (nSPS) is 57.8. The number of nitrogens with one attached hydrogen (secondary N) is 1. The Labute approximate surface area is 109 Å². The van der Waals surface area contributed by atoms with E-state index in [4.69, 9.17) is 0 Å². The SMILES string of the molecule is N#CC1(C2(O)CC3CCC(C2)N3)CC2CCC1C2. The molecule has 3 heteroatoms. The first-order chi connectivity index (χ1) is 8.65. The van der Waals surface area contributed by atoms with Crippen LogP contribution in [-0.2, 0) is 0 Å². The summed E-state index contributed by atoms with van der Waals surface area (Å²) in [5, 5.41) is 24.7. The van der Waals surface area contributed by atoms with Crippen molar-refractivity contribution in [3.63, 3.8) is 0 Å². The molecule has 4 rings (SSSR count). The molecule has 18 heavy (non-hydrogen) atoms. The molecule has 2 aliphatic carbocycles. The first kappa shape index (κ1) is 11.3. The van der Waals surface area contributed by atoms with Gasteiger partial charge in [-0.15, -0.1) is 0 Å². The molecular weight excluding hydrogens is 224 g/mol. The Kier molecular flexibility index (Phi) is 2.18. The van der Waals surface area contributed by atoms with Gasteiger partial charge in [0, 0.05) is 12.1 Å². The zero-order chi connectivity index (χ0) is 12.4. The molecule has 3 nitrogen and oxygen atoms in total. The van der Waals surface area contributed by atoms with Crippen molar-refractivity contribution in [3.8, 4) is 6.07 Å². The van der Waals surface area contributed by atoms with Crippen molar-refractivity contribution in [2.45, 2.75) is 69.1 Å². The second-order valence-corrected chi connectivity index (χ2v) is 7.24. The molecule has 0 aromatic rings. The maximum absolute atomic E-state index is 11.3. The maximum Gasteiger partial charge on any atom is 0.0892 e. The van der Waals surface area contributed by atoms with Gasteiger partial charge in [-0.25, -0.2) is 0 Å². The van der Waals surface area contributed by atoms with E-state index in [1.54, 1.807) is 0 Å². The molecule has 5 atom stereocenters. The largest absolute Gasteiger partial charge is 0.388 e. The van der Waals surface area contributed by atoms with Crippen molar-refractivity contribution in [1.82, 2.24) is 5.32 Å². The van der Waals surface area contributed by atoms with E-state index in [9.17, 15) is 10.4 Å². The predicted molar refractivity (Wildman–Crippen MR) is 67.6 cm³/mol. The van der Waals surface area contributed by atoms with Crippen molar-refractivity contribution in [3.05, 3.63) is 0 Å². The molecule has 4 bridgehead atoms. The molecule has 2 heterocycles. The van der Waals surface area contributed by atoms with Crippen LogP contribution >= 0.6 is 0 Å². The minimum atomic E-state index is -0.710. The van der Waals surface area contributed by atoms with E-state index in [0.717, 1.165) is 19.3 Å². The van der Waals surface area contributed by atoms with Gasteiger partial charge < -0.3 is 10.4 Å². The molecule has 4 fully saturated rings. The van der Waals surface area contributed by atoms with Gasteiger partial charge in [-0.3, -0.25) is 0 Å². The average molecular weight is 246 g/mol. The molecular formula is C15H22N2O. The highest BCUT2D eigenvalue weighted by Crippen LogP contribution is 2.63. The van der Waals surface area contributed by atoms with E-state index in [0.29, 0.717) is 23.9 Å². The van der Waals surface area contributed by atoms with Crippen LogP contribution in [0.3, 0.4) is 0 Å². The molecule has 2 N–H and O–H groups in total. The van der Waals surface area contributed by atoms with Crippen LogP contribution in [-0.4, -0.2) is 22.8 Å². The zero-order valence-corrected chi connectivity index (χ0v) is 10.9. The van der Waals surface area contributed by atoms with Crippen molar-refractivity contribution in [2.24, 2.45) is 17.3 Å². The van der Waals surface area contributed by atoms with E-state index in [-0.39, 0.29) is 0 Å². The van der Waals surface area contributed by atoms with Crippen LogP contribution in [0, 0.1) is 28.6 Å². The van der Waals surface area contributed by atoms with Crippen molar-refractivity contribution < 1.29 is 5.11 Å². The highest BCUT2D eigenvalue weighted by molar-refractivity contribution is 5.23. The first-order valence-corrected chi connectivity index (χ1v) is 7.55. The molecule has 2 aliphatic heterocycles. The van der Waals surface area contributed by atoms with Crippen molar-refractivity contribution in [2.75, 3.05) is 0 Å². The number of aliphatic hydroxyl groups is 1. The average Bonchev–Trinajstić information content (AvgIpc) is 3.03. The summed E-state index contributed by atoms with van der Waals surface area (Å²) in [4.78, 5) is 0. The lowest BCUT2D eigenvalue weighted by atomic mass is 9.59. The molecule has 5 unspecified atom stereocenters. The van der Waals surface area contributed by atoms with Gasteiger partial charge in [0.15, 0.2) is 0 Å². The Balaban J connectivity index is 1.70. The Hall–Kier alpha value is -0.590. The molecule has 0 aromatic carbocycles. The minimum absolute atomic E-state index is 0.418. The zero-order valence-electron chi connectivity index (χ0n) is 10.9. The molecule has 0 spiro atoms. The van der Waals surface area contributed by atoms with Gasteiger partial charge in [0.05, 0.1) is 17.1 Å². The number of nitriles is 1. The lowest BCUT2D eigenvalue weighted by molar-refractivity contribution is -0.111. The van der Waals surface area contributed by atoms with Crippen LogP contribution in [0.4, 0.5) is 0 Å². The van der Waals surface area contributed by atoms with Gasteiger partial charge in [0.1, 0.15) is 0 Å². The van der Waals surface area contributed by atoms with Crippen molar-refractivity contribution in [1.29, 1.82) is 5.26 Å². The van der Waals surface area contributed by atoms with E-state index >= 15 is 0 Å². The van der Waals surface area contributed by atoms with Gasteiger partial charge >= 0.3 is 0 Å². The molecule has 0 amide bonds. The van der Waals surface area contributed by atoms with Crippen LogP contribution in [0.15, 0.2) is 0 Å². The quantitative estimate of drug-likeness (QED) is 0.743. The van der Waals surface area contributed by atoms with Crippen molar-refractivity contribution >= 4 is 0 Å². The van der Waals surface area contributed by atoms with Gasteiger partial charge in [0.25, 0.3) is 0 Å². The van der Waals surface area contributed by atoms with E-state index < -0.39 is 11.0 Å². The fraction of sp³-hybridized carbons (Fsp3) is 0.933. The third-order valence-electron chi connectivity index (χ3n) is 6.38. The van der Waals surface area contributed by atoms with E-state index in [2.05, 4.69) is 11.4 Å². The molecule has 0 radical (unpaired) electrons. The predicted octanol–water partition coefficient (Wildman–Crippen LogP) is 1.96. The molecule has 2 saturated carbocycles. The summed E-state index contributed by atoms with van der Waals surface area (Å²) in [7, 11) is 0. The summed E-state index contributed by atoms with van der Waals surface area (Å²) in [6, 6.07) is 3.52. The summed E-state index contributed by atoms with van der Waals surface area (Å²) >= 11 is 0. The van der Waals surface area contributed by atoms with Crippen LogP contribution in [0.5, 0.6) is 0 Å². The molecule has 2 saturated heterocycles. The van der Waals surface area contributed by atoms with E-state index in [1.807, 2.05) is 0 Å². The topological polar surface area (TPSA) is 56.0 Å². The smallest absolute Gasteiger partial charge is 0.0892 e. The van der Waals surface area contributed by atoms with Crippen LogP contribution in [0.2, 0.25) is 0 Å². The highest BCUT2D eigenvalue weighted by atomic mass is 16.3. The Morgan fingerprint density at radius 1 is 1.06 bits per heavy atom. The van der Waals surface area contributed by atoms with Gasteiger partial charge in [-0.2, -0.15) is 5.26 Å². The van der Waals surface area contributed by atoms with Crippen LogP contribution in [0.25, 0.3) is 0 Å². The third-order valence-corrected chi connectivity index (χ3v) is 6.38.